The minimum absolute atomic E-state index is 0.599. The van der Waals surface area contributed by atoms with Crippen molar-refractivity contribution < 1.29 is 0 Å². The monoisotopic (exact) mass is 252 g/mol. The van der Waals surface area contributed by atoms with Crippen molar-refractivity contribution in [2.24, 2.45) is 0 Å². The Morgan fingerprint density at radius 3 is 2.26 bits per heavy atom. The fraction of sp³-hybridized carbons (Fsp3) is 0.267. The van der Waals surface area contributed by atoms with E-state index in [-0.39, 0.29) is 0 Å². The molecule has 19 heavy (non-hydrogen) atoms. The minimum Gasteiger partial charge on any atom is -0.351 e. The molecule has 0 radical (unpaired) electrons. The predicted octanol–water partition coefficient (Wildman–Crippen LogP) is 3.17. The van der Waals surface area contributed by atoms with Gasteiger partial charge in [-0.05, 0) is 32.9 Å². The second-order valence-electron chi connectivity index (χ2n) is 5.03. The summed E-state index contributed by atoms with van der Waals surface area (Å²) in [5.74, 6) is 0.599. The number of nitriles is 1. The van der Waals surface area contributed by atoms with Crippen molar-refractivity contribution in [1.29, 1.82) is 5.26 Å². The first kappa shape index (κ1) is 13.0. The van der Waals surface area contributed by atoms with Gasteiger partial charge in [-0.25, -0.2) is 0 Å². The number of hydrogen-bond acceptors (Lipinski definition) is 4. The van der Waals surface area contributed by atoms with Crippen LogP contribution in [-0.4, -0.2) is 15.7 Å². The standard InChI is InChI=1S/C15H16N4/c1-11-4-6-12(7-5-11)13-8-9-14(19-18-13)17-15(2,3)10-16/h4-9H,1-3H3,(H,17,19). The largest absolute Gasteiger partial charge is 0.351 e. The van der Waals surface area contributed by atoms with Crippen LogP contribution in [-0.2, 0) is 0 Å². The Labute approximate surface area is 113 Å². The lowest BCUT2D eigenvalue weighted by atomic mass is 10.1. The van der Waals surface area contributed by atoms with E-state index in [2.05, 4.69) is 21.6 Å². The molecule has 0 aliphatic heterocycles. The first-order valence-electron chi connectivity index (χ1n) is 6.10. The molecule has 2 aromatic rings. The Morgan fingerprint density at radius 1 is 1.05 bits per heavy atom. The van der Waals surface area contributed by atoms with Gasteiger partial charge in [-0.1, -0.05) is 29.8 Å². The topological polar surface area (TPSA) is 61.6 Å². The fourth-order valence-corrected chi connectivity index (χ4v) is 1.63. The van der Waals surface area contributed by atoms with E-state index >= 15 is 0 Å². The first-order valence-corrected chi connectivity index (χ1v) is 6.10. The Bertz CT molecular complexity index is 592. The average molecular weight is 252 g/mol. The summed E-state index contributed by atoms with van der Waals surface area (Å²) < 4.78 is 0. The van der Waals surface area contributed by atoms with Crippen molar-refractivity contribution in [2.75, 3.05) is 5.32 Å². The van der Waals surface area contributed by atoms with Gasteiger partial charge in [-0.2, -0.15) is 5.26 Å². The van der Waals surface area contributed by atoms with Crippen molar-refractivity contribution in [1.82, 2.24) is 10.2 Å². The molecule has 0 saturated heterocycles. The molecule has 0 fully saturated rings. The third-order valence-electron chi connectivity index (χ3n) is 2.73. The lowest BCUT2D eigenvalue weighted by Crippen LogP contribution is -2.29. The minimum atomic E-state index is -0.653. The zero-order valence-electron chi connectivity index (χ0n) is 11.3. The van der Waals surface area contributed by atoms with E-state index < -0.39 is 5.54 Å². The molecule has 1 aromatic carbocycles. The zero-order chi connectivity index (χ0) is 13.9. The van der Waals surface area contributed by atoms with Gasteiger partial charge in [-0.3, -0.25) is 0 Å². The van der Waals surface area contributed by atoms with E-state index in [1.54, 1.807) is 13.8 Å². The Balaban J connectivity index is 2.19. The molecule has 1 heterocycles. The van der Waals surface area contributed by atoms with Crippen LogP contribution in [0.3, 0.4) is 0 Å². The normalized spacial score (nSPS) is 10.8. The third kappa shape index (κ3) is 3.29. The van der Waals surface area contributed by atoms with E-state index in [4.69, 9.17) is 5.26 Å². The summed E-state index contributed by atoms with van der Waals surface area (Å²) in [5.41, 5.74) is 2.41. The molecule has 0 spiro atoms. The molecule has 1 N–H and O–H groups in total. The van der Waals surface area contributed by atoms with Crippen LogP contribution in [0.4, 0.5) is 5.82 Å². The van der Waals surface area contributed by atoms with Gasteiger partial charge in [0.15, 0.2) is 0 Å². The van der Waals surface area contributed by atoms with Crippen molar-refractivity contribution in [2.45, 2.75) is 26.3 Å². The summed E-state index contributed by atoms with van der Waals surface area (Å²) in [4.78, 5) is 0. The van der Waals surface area contributed by atoms with Crippen LogP contribution in [0.5, 0.6) is 0 Å². The number of benzene rings is 1. The molecule has 4 heteroatoms. The maximum Gasteiger partial charge on any atom is 0.149 e. The predicted molar refractivity (Wildman–Crippen MR) is 75.5 cm³/mol. The molecule has 1 aromatic heterocycles. The molecule has 0 atom stereocenters. The molecule has 0 amide bonds. The van der Waals surface area contributed by atoms with E-state index in [0.29, 0.717) is 5.82 Å². The van der Waals surface area contributed by atoms with Crippen LogP contribution in [0.1, 0.15) is 19.4 Å². The van der Waals surface area contributed by atoms with Gasteiger partial charge in [0.2, 0.25) is 0 Å². The van der Waals surface area contributed by atoms with E-state index in [1.807, 2.05) is 43.3 Å². The number of aryl methyl sites for hydroxylation is 1. The highest BCUT2D eigenvalue weighted by molar-refractivity contribution is 5.60. The lowest BCUT2D eigenvalue weighted by Gasteiger charge is -2.17. The number of anilines is 1. The maximum absolute atomic E-state index is 8.95. The summed E-state index contributed by atoms with van der Waals surface area (Å²) in [6.07, 6.45) is 0. The highest BCUT2D eigenvalue weighted by atomic mass is 15.2. The Hall–Kier alpha value is -2.41. The summed E-state index contributed by atoms with van der Waals surface area (Å²) in [5, 5.41) is 20.2. The van der Waals surface area contributed by atoms with Gasteiger partial charge in [0, 0.05) is 5.56 Å². The van der Waals surface area contributed by atoms with Gasteiger partial charge in [0.1, 0.15) is 11.4 Å². The number of rotatable bonds is 3. The average Bonchev–Trinajstić information content (AvgIpc) is 2.40. The molecule has 4 nitrogen and oxygen atoms in total. The van der Waals surface area contributed by atoms with Crippen LogP contribution in [0.2, 0.25) is 0 Å². The third-order valence-corrected chi connectivity index (χ3v) is 2.73. The SMILES string of the molecule is Cc1ccc(-c2ccc(NC(C)(C)C#N)nn2)cc1. The van der Waals surface area contributed by atoms with Crippen LogP contribution < -0.4 is 5.32 Å². The highest BCUT2D eigenvalue weighted by Gasteiger charge is 2.16. The summed E-state index contributed by atoms with van der Waals surface area (Å²) in [6, 6.07) is 14.0. The number of hydrogen-bond donors (Lipinski definition) is 1. The number of nitrogens with one attached hydrogen (secondary N) is 1. The molecule has 0 aliphatic carbocycles. The van der Waals surface area contributed by atoms with Crippen LogP contribution >= 0.6 is 0 Å². The molecule has 0 unspecified atom stereocenters. The number of nitrogens with zero attached hydrogens (tertiary/aromatic N) is 3. The molecular formula is C15H16N4. The van der Waals surface area contributed by atoms with E-state index in [1.165, 1.54) is 5.56 Å². The lowest BCUT2D eigenvalue weighted by molar-refractivity contribution is 0.719. The first-order chi connectivity index (χ1) is 9.00. The molecule has 0 bridgehead atoms. The van der Waals surface area contributed by atoms with Crippen LogP contribution in [0, 0.1) is 18.3 Å². The van der Waals surface area contributed by atoms with Crippen molar-refractivity contribution in [3.05, 3.63) is 42.0 Å². The van der Waals surface area contributed by atoms with Crippen molar-refractivity contribution in [3.63, 3.8) is 0 Å². The second-order valence-corrected chi connectivity index (χ2v) is 5.03. The van der Waals surface area contributed by atoms with Crippen LogP contribution in [0.25, 0.3) is 11.3 Å². The molecular weight excluding hydrogens is 236 g/mol. The molecule has 2 rings (SSSR count). The highest BCUT2D eigenvalue weighted by Crippen LogP contribution is 2.18. The van der Waals surface area contributed by atoms with Gasteiger partial charge in [-0.15, -0.1) is 10.2 Å². The second kappa shape index (κ2) is 5.07. The van der Waals surface area contributed by atoms with Gasteiger partial charge >= 0.3 is 0 Å². The van der Waals surface area contributed by atoms with Crippen LogP contribution in [0.15, 0.2) is 36.4 Å². The maximum atomic E-state index is 8.95. The molecule has 0 aliphatic rings. The van der Waals surface area contributed by atoms with Gasteiger partial charge in [0.25, 0.3) is 0 Å². The van der Waals surface area contributed by atoms with E-state index in [0.717, 1.165) is 11.3 Å². The Morgan fingerprint density at radius 2 is 1.74 bits per heavy atom. The fourth-order valence-electron chi connectivity index (χ4n) is 1.63. The van der Waals surface area contributed by atoms with Crippen molar-refractivity contribution >= 4 is 5.82 Å². The van der Waals surface area contributed by atoms with Gasteiger partial charge < -0.3 is 5.32 Å². The molecule has 0 saturated carbocycles. The summed E-state index contributed by atoms with van der Waals surface area (Å²) >= 11 is 0. The summed E-state index contributed by atoms with van der Waals surface area (Å²) in [6.45, 7) is 5.64. The van der Waals surface area contributed by atoms with Crippen molar-refractivity contribution in [3.8, 4) is 17.3 Å². The van der Waals surface area contributed by atoms with E-state index in [9.17, 15) is 0 Å². The smallest absolute Gasteiger partial charge is 0.149 e. The zero-order valence-corrected chi connectivity index (χ0v) is 11.3. The Kier molecular flexibility index (Phi) is 3.48. The quantitative estimate of drug-likeness (QED) is 0.911. The summed E-state index contributed by atoms with van der Waals surface area (Å²) in [7, 11) is 0. The number of aromatic nitrogens is 2. The molecule has 96 valence electrons. The van der Waals surface area contributed by atoms with Gasteiger partial charge in [0.05, 0.1) is 11.8 Å².